The lowest BCUT2D eigenvalue weighted by Gasteiger charge is -2.08. The van der Waals surface area contributed by atoms with E-state index in [4.69, 9.17) is 4.74 Å². The van der Waals surface area contributed by atoms with Crippen LogP contribution >= 0.6 is 0 Å². The Bertz CT molecular complexity index is 541. The maximum absolute atomic E-state index is 11.0. The van der Waals surface area contributed by atoms with Crippen molar-refractivity contribution in [2.75, 3.05) is 31.0 Å². The van der Waals surface area contributed by atoms with Crippen LogP contribution in [0.4, 0.5) is 11.4 Å². The number of ether oxygens (including phenoxy) is 1. The fourth-order valence-corrected chi connectivity index (χ4v) is 1.79. The number of rotatable bonds is 6. The number of hydrogen-bond donors (Lipinski definition) is 1. The second kappa shape index (κ2) is 5.67. The number of nitrogens with zero attached hydrogens (tertiary/aromatic N) is 1. The maximum Gasteiger partial charge on any atom is 0.292 e. The molecule has 0 aromatic heterocycles. The Balaban J connectivity index is 2.87. The van der Waals surface area contributed by atoms with Crippen molar-refractivity contribution in [3.63, 3.8) is 0 Å². The lowest BCUT2D eigenvalue weighted by atomic mass is 10.2. The molecule has 0 heterocycles. The molecule has 7 nitrogen and oxygen atoms in total. The predicted molar refractivity (Wildman–Crippen MR) is 67.8 cm³/mol. The molecule has 0 aliphatic rings. The second-order valence-electron chi connectivity index (χ2n) is 3.70. The summed E-state index contributed by atoms with van der Waals surface area (Å²) < 4.78 is 26.9. The molecule has 1 aromatic rings. The van der Waals surface area contributed by atoms with Crippen LogP contribution in [0.5, 0.6) is 5.75 Å². The van der Waals surface area contributed by atoms with Gasteiger partial charge in [-0.15, -0.1) is 0 Å². The smallest absolute Gasteiger partial charge is 0.292 e. The molecule has 18 heavy (non-hydrogen) atoms. The average molecular weight is 274 g/mol. The van der Waals surface area contributed by atoms with Gasteiger partial charge < -0.3 is 10.1 Å². The van der Waals surface area contributed by atoms with Gasteiger partial charge in [0.15, 0.2) is 0 Å². The first-order chi connectivity index (χ1) is 8.33. The van der Waals surface area contributed by atoms with Gasteiger partial charge in [-0.05, 0) is 6.07 Å². The molecule has 0 bridgehead atoms. The molecule has 0 aliphatic heterocycles. The summed E-state index contributed by atoms with van der Waals surface area (Å²) in [6, 6.07) is 4.24. The van der Waals surface area contributed by atoms with E-state index in [9.17, 15) is 18.5 Å². The Morgan fingerprint density at radius 2 is 2.11 bits per heavy atom. The number of benzene rings is 1. The van der Waals surface area contributed by atoms with Crippen LogP contribution in [-0.4, -0.2) is 39.0 Å². The molecule has 8 heteroatoms. The molecule has 100 valence electrons. The second-order valence-corrected chi connectivity index (χ2v) is 5.96. The third kappa shape index (κ3) is 4.21. The van der Waals surface area contributed by atoms with E-state index in [1.807, 2.05) is 0 Å². The van der Waals surface area contributed by atoms with Crippen molar-refractivity contribution in [3.8, 4) is 5.75 Å². The fourth-order valence-electron chi connectivity index (χ4n) is 1.31. The molecule has 0 amide bonds. The van der Waals surface area contributed by atoms with Crippen molar-refractivity contribution in [2.45, 2.75) is 0 Å². The average Bonchev–Trinajstić information content (AvgIpc) is 2.26. The van der Waals surface area contributed by atoms with Crippen molar-refractivity contribution in [1.82, 2.24) is 0 Å². The van der Waals surface area contributed by atoms with Gasteiger partial charge in [0, 0.05) is 24.9 Å². The molecule has 1 aromatic carbocycles. The van der Waals surface area contributed by atoms with Crippen LogP contribution in [0, 0.1) is 10.1 Å². The number of nitrogens with one attached hydrogen (secondary N) is 1. The summed E-state index contributed by atoms with van der Waals surface area (Å²) in [6.45, 7) is 0.104. The molecule has 0 saturated heterocycles. The predicted octanol–water partition coefficient (Wildman–Crippen LogP) is 1.06. The highest BCUT2D eigenvalue weighted by Gasteiger charge is 2.14. The van der Waals surface area contributed by atoms with E-state index in [0.717, 1.165) is 6.26 Å². The minimum Gasteiger partial charge on any atom is -0.497 e. The van der Waals surface area contributed by atoms with Crippen molar-refractivity contribution >= 4 is 21.2 Å². The summed E-state index contributed by atoms with van der Waals surface area (Å²) in [4.78, 5) is 10.2. The van der Waals surface area contributed by atoms with Crippen LogP contribution in [0.3, 0.4) is 0 Å². The zero-order chi connectivity index (χ0) is 13.8. The zero-order valence-corrected chi connectivity index (χ0v) is 10.9. The van der Waals surface area contributed by atoms with Crippen LogP contribution in [0.1, 0.15) is 0 Å². The van der Waals surface area contributed by atoms with Gasteiger partial charge in [0.2, 0.25) is 0 Å². The van der Waals surface area contributed by atoms with Gasteiger partial charge in [-0.25, -0.2) is 8.42 Å². The van der Waals surface area contributed by atoms with E-state index >= 15 is 0 Å². The molecule has 0 aliphatic carbocycles. The minimum atomic E-state index is -3.11. The molecule has 1 rings (SSSR count). The highest BCUT2D eigenvalue weighted by Crippen LogP contribution is 2.28. The van der Waals surface area contributed by atoms with Crippen molar-refractivity contribution in [3.05, 3.63) is 28.3 Å². The van der Waals surface area contributed by atoms with Gasteiger partial charge in [-0.2, -0.15) is 0 Å². The SMILES string of the molecule is COc1ccc([N+](=O)[O-])c(NCCS(C)(=O)=O)c1. The number of methoxy groups -OCH3 is 1. The fraction of sp³-hybridized carbons (Fsp3) is 0.400. The lowest BCUT2D eigenvalue weighted by molar-refractivity contribution is -0.384. The van der Waals surface area contributed by atoms with E-state index < -0.39 is 14.8 Å². The van der Waals surface area contributed by atoms with Crippen molar-refractivity contribution in [2.24, 2.45) is 0 Å². The third-order valence-corrected chi connectivity index (χ3v) is 3.13. The number of anilines is 1. The molecule has 0 unspecified atom stereocenters. The van der Waals surface area contributed by atoms with Crippen LogP contribution in [-0.2, 0) is 9.84 Å². The van der Waals surface area contributed by atoms with Crippen LogP contribution in [0.2, 0.25) is 0 Å². The number of nitro benzene ring substituents is 1. The summed E-state index contributed by atoms with van der Waals surface area (Å²) in [5.74, 6) is 0.365. The van der Waals surface area contributed by atoms with Gasteiger partial charge in [0.05, 0.1) is 17.8 Å². The highest BCUT2D eigenvalue weighted by atomic mass is 32.2. The summed E-state index contributed by atoms with van der Waals surface area (Å²) in [7, 11) is -1.66. The van der Waals surface area contributed by atoms with Gasteiger partial charge in [0.25, 0.3) is 5.69 Å². The van der Waals surface area contributed by atoms with E-state index in [1.165, 1.54) is 25.3 Å². The summed E-state index contributed by atoms with van der Waals surface area (Å²) in [5.41, 5.74) is 0.118. The molecule has 0 atom stereocenters. The molecule has 0 saturated carbocycles. The number of nitro groups is 1. The maximum atomic E-state index is 11.0. The van der Waals surface area contributed by atoms with Crippen molar-refractivity contribution in [1.29, 1.82) is 0 Å². The largest absolute Gasteiger partial charge is 0.497 e. The molecule has 0 radical (unpaired) electrons. The van der Waals surface area contributed by atoms with Crippen LogP contribution in [0.15, 0.2) is 18.2 Å². The summed E-state index contributed by atoms with van der Waals surface area (Å²) in [6.07, 6.45) is 1.11. The Hall–Kier alpha value is -1.83. The van der Waals surface area contributed by atoms with E-state index in [2.05, 4.69) is 5.32 Å². The zero-order valence-electron chi connectivity index (χ0n) is 10.0. The molecule has 0 fully saturated rings. The van der Waals surface area contributed by atoms with Gasteiger partial charge >= 0.3 is 0 Å². The quantitative estimate of drug-likeness (QED) is 0.615. The van der Waals surface area contributed by atoms with Crippen LogP contribution < -0.4 is 10.1 Å². The normalized spacial score (nSPS) is 11.0. The van der Waals surface area contributed by atoms with Gasteiger partial charge in [0.1, 0.15) is 21.3 Å². The van der Waals surface area contributed by atoms with E-state index in [1.54, 1.807) is 0 Å². The van der Waals surface area contributed by atoms with Gasteiger partial charge in [-0.3, -0.25) is 10.1 Å². The number of hydrogen-bond acceptors (Lipinski definition) is 6. The number of sulfone groups is 1. The lowest BCUT2D eigenvalue weighted by Crippen LogP contribution is -2.14. The molecular weight excluding hydrogens is 260 g/mol. The van der Waals surface area contributed by atoms with Crippen molar-refractivity contribution < 1.29 is 18.1 Å². The summed E-state index contributed by atoms with van der Waals surface area (Å²) >= 11 is 0. The molecule has 1 N–H and O–H groups in total. The standard InChI is InChI=1S/C10H14N2O5S/c1-17-8-3-4-10(12(13)14)9(7-8)11-5-6-18(2,15)16/h3-4,7,11H,5-6H2,1-2H3. The van der Waals surface area contributed by atoms with E-state index in [0.29, 0.717) is 5.75 Å². The Labute approximate surface area is 105 Å². The monoisotopic (exact) mass is 274 g/mol. The third-order valence-electron chi connectivity index (χ3n) is 2.19. The minimum absolute atomic E-state index is 0.0959. The van der Waals surface area contributed by atoms with Gasteiger partial charge in [-0.1, -0.05) is 0 Å². The first kappa shape index (κ1) is 14.2. The highest BCUT2D eigenvalue weighted by molar-refractivity contribution is 7.90. The molecule has 0 spiro atoms. The molecular formula is C10H14N2O5S. The van der Waals surface area contributed by atoms with Crippen LogP contribution in [0.25, 0.3) is 0 Å². The summed E-state index contributed by atoms with van der Waals surface area (Å²) in [5, 5.41) is 13.5. The Kier molecular flexibility index (Phi) is 4.49. The first-order valence-corrected chi connectivity index (χ1v) is 7.13. The Morgan fingerprint density at radius 1 is 1.44 bits per heavy atom. The Morgan fingerprint density at radius 3 is 2.61 bits per heavy atom. The first-order valence-electron chi connectivity index (χ1n) is 5.07. The van der Waals surface area contributed by atoms with E-state index in [-0.39, 0.29) is 23.7 Å². The topological polar surface area (TPSA) is 98.5 Å².